The van der Waals surface area contributed by atoms with Gasteiger partial charge < -0.3 is 10.6 Å². The van der Waals surface area contributed by atoms with Crippen LogP contribution in [0.5, 0.6) is 0 Å². The Balaban J connectivity index is 1.49. The minimum absolute atomic E-state index is 0.112. The lowest BCUT2D eigenvalue weighted by Crippen LogP contribution is -2.52. The summed E-state index contributed by atoms with van der Waals surface area (Å²) >= 11 is 0. The summed E-state index contributed by atoms with van der Waals surface area (Å²) in [4.78, 5) is 40.6. The molecule has 0 bridgehead atoms. The van der Waals surface area contributed by atoms with Crippen molar-refractivity contribution in [1.29, 1.82) is 0 Å². The number of hydrogen-bond donors (Lipinski definition) is 2. The van der Waals surface area contributed by atoms with Gasteiger partial charge in [-0.15, -0.1) is 0 Å². The Morgan fingerprint density at radius 3 is 2.43 bits per heavy atom. The van der Waals surface area contributed by atoms with Gasteiger partial charge in [0.15, 0.2) is 0 Å². The van der Waals surface area contributed by atoms with E-state index in [1.807, 2.05) is 12.1 Å². The number of halogens is 1. The van der Waals surface area contributed by atoms with Crippen molar-refractivity contribution in [3.63, 3.8) is 0 Å². The van der Waals surface area contributed by atoms with Gasteiger partial charge in [0.25, 0.3) is 0 Å². The van der Waals surface area contributed by atoms with E-state index in [1.165, 1.54) is 34.7 Å². The normalized spacial score (nSPS) is 16.9. The van der Waals surface area contributed by atoms with Crippen molar-refractivity contribution in [2.75, 3.05) is 21.7 Å². The lowest BCUT2D eigenvalue weighted by molar-refractivity contribution is -0.125. The molecule has 4 rings (SSSR count). The van der Waals surface area contributed by atoms with Gasteiger partial charge in [-0.3, -0.25) is 23.5 Å². The summed E-state index contributed by atoms with van der Waals surface area (Å²) < 4.78 is 25.9. The molecule has 0 radical (unpaired) electrons. The summed E-state index contributed by atoms with van der Waals surface area (Å²) in [6.07, 6.45) is 7.83. The second-order valence-corrected chi connectivity index (χ2v) is 11.3. The van der Waals surface area contributed by atoms with Gasteiger partial charge in [0.1, 0.15) is 23.4 Å². The molecular weight excluding hydrogens is 493 g/mol. The predicted octanol–water partition coefficient (Wildman–Crippen LogP) is 3.87. The van der Waals surface area contributed by atoms with Crippen LogP contribution in [0.25, 0.3) is 0 Å². The number of carbonyl (C=O) groups excluding carboxylic acids is 3. The van der Waals surface area contributed by atoms with E-state index in [9.17, 15) is 23.0 Å². The van der Waals surface area contributed by atoms with Crippen molar-refractivity contribution in [1.82, 2.24) is 5.32 Å². The van der Waals surface area contributed by atoms with Crippen molar-refractivity contribution in [3.8, 4) is 0 Å². The summed E-state index contributed by atoms with van der Waals surface area (Å²) in [5.41, 5.74) is 3.29. The highest BCUT2D eigenvalue weighted by Crippen LogP contribution is 2.32. The van der Waals surface area contributed by atoms with Gasteiger partial charge in [-0.25, -0.2) is 4.39 Å². The first kappa shape index (κ1) is 27.0. The lowest BCUT2D eigenvalue weighted by atomic mass is 9.89. The van der Waals surface area contributed by atoms with Crippen LogP contribution >= 0.6 is 0 Å². The van der Waals surface area contributed by atoms with Crippen LogP contribution in [0.1, 0.15) is 56.6 Å². The van der Waals surface area contributed by atoms with Gasteiger partial charge in [-0.1, -0.05) is 25.0 Å². The Hall–Kier alpha value is -3.07. The van der Waals surface area contributed by atoms with Crippen LogP contribution in [0.3, 0.4) is 0 Å². The van der Waals surface area contributed by atoms with Crippen molar-refractivity contribution in [3.05, 3.63) is 59.4 Å². The maximum atomic E-state index is 13.6. The van der Waals surface area contributed by atoms with E-state index in [-0.39, 0.29) is 23.5 Å². The quantitative estimate of drug-likeness (QED) is 0.518. The van der Waals surface area contributed by atoms with Crippen molar-refractivity contribution in [2.24, 2.45) is 0 Å². The lowest BCUT2D eigenvalue weighted by Gasteiger charge is -2.33. The molecule has 0 unspecified atom stereocenters. The molecule has 198 valence electrons. The van der Waals surface area contributed by atoms with Gasteiger partial charge in [-0.2, -0.15) is 0 Å². The fourth-order valence-corrected chi connectivity index (χ4v) is 6.07. The zero-order valence-corrected chi connectivity index (χ0v) is 22.0. The largest absolute Gasteiger partial charge is 0.352 e. The first-order valence-corrected chi connectivity index (χ1v) is 14.4. The van der Waals surface area contributed by atoms with Crippen molar-refractivity contribution in [2.45, 2.75) is 70.4 Å². The van der Waals surface area contributed by atoms with E-state index >= 15 is 0 Å². The van der Waals surface area contributed by atoms with E-state index in [0.717, 1.165) is 56.9 Å². The number of rotatable bonds is 9. The van der Waals surface area contributed by atoms with E-state index < -0.39 is 34.5 Å². The number of aryl methyl sites for hydroxylation is 1. The van der Waals surface area contributed by atoms with E-state index in [4.69, 9.17) is 0 Å². The molecule has 2 aromatic rings. The summed E-state index contributed by atoms with van der Waals surface area (Å²) in [6, 6.07) is 10.4. The third-order valence-electron chi connectivity index (χ3n) is 7.07. The van der Waals surface area contributed by atoms with Crippen molar-refractivity contribution < 1.29 is 23.0 Å². The van der Waals surface area contributed by atoms with Gasteiger partial charge in [0.2, 0.25) is 17.7 Å². The zero-order valence-electron chi connectivity index (χ0n) is 21.1. The van der Waals surface area contributed by atoms with Crippen LogP contribution in [0.2, 0.25) is 0 Å². The van der Waals surface area contributed by atoms with Gasteiger partial charge in [0, 0.05) is 28.2 Å². The number of nitrogens with one attached hydrogen (secondary N) is 2. The number of benzene rings is 2. The number of hydrogen-bond acceptors (Lipinski definition) is 4. The maximum Gasteiger partial charge on any atom is 0.243 e. The minimum Gasteiger partial charge on any atom is -0.352 e. The Labute approximate surface area is 219 Å². The standard InChI is InChI=1S/C28H34FN3O4S/c1-19(28(35)31-22-9-3-4-10-22)32(25-12-6-8-20-7-2-5-11-24(20)25)27(34)18-37(36)17-26(33)30-23-15-13-21(29)14-16-23/h6,8,12-16,19,22H,2-5,7,9-11,17-18H2,1H3,(H,30,33)(H,31,35)/t19-,37+/m0/s1. The number of anilines is 2. The van der Waals surface area contributed by atoms with Crippen molar-refractivity contribution >= 4 is 39.9 Å². The average molecular weight is 528 g/mol. The molecule has 2 atom stereocenters. The van der Waals surface area contributed by atoms with Crippen LogP contribution in [0.15, 0.2) is 42.5 Å². The predicted molar refractivity (Wildman–Crippen MR) is 143 cm³/mol. The highest BCUT2D eigenvalue weighted by Gasteiger charge is 2.32. The summed E-state index contributed by atoms with van der Waals surface area (Å²) in [5, 5.41) is 5.65. The molecule has 0 saturated heterocycles. The third kappa shape index (κ3) is 7.03. The smallest absolute Gasteiger partial charge is 0.243 e. The third-order valence-corrected chi connectivity index (χ3v) is 8.23. The molecule has 0 aromatic heterocycles. The summed E-state index contributed by atoms with van der Waals surface area (Å²) in [5.74, 6) is -2.42. The van der Waals surface area contributed by atoms with E-state index in [1.54, 1.807) is 6.92 Å². The first-order chi connectivity index (χ1) is 17.8. The van der Waals surface area contributed by atoms with Crippen LogP contribution in [-0.4, -0.2) is 45.5 Å². The van der Waals surface area contributed by atoms with Crippen LogP contribution < -0.4 is 15.5 Å². The molecule has 0 spiro atoms. The number of carbonyl (C=O) groups is 3. The molecule has 3 amide bonds. The van der Waals surface area contributed by atoms with E-state index in [0.29, 0.717) is 11.4 Å². The maximum absolute atomic E-state index is 13.6. The second-order valence-electron chi connectivity index (χ2n) is 9.84. The van der Waals surface area contributed by atoms with Crippen LogP contribution in [0.4, 0.5) is 15.8 Å². The van der Waals surface area contributed by atoms with E-state index in [2.05, 4.69) is 16.7 Å². The molecule has 0 heterocycles. The summed E-state index contributed by atoms with van der Waals surface area (Å²) in [7, 11) is -1.80. The molecule has 0 aliphatic heterocycles. The number of amides is 3. The number of nitrogens with zero attached hydrogens (tertiary/aromatic N) is 1. The monoisotopic (exact) mass is 527 g/mol. The van der Waals surface area contributed by atoms with Crippen LogP contribution in [-0.2, 0) is 38.0 Å². The van der Waals surface area contributed by atoms with Crippen LogP contribution in [0, 0.1) is 5.82 Å². The summed E-state index contributed by atoms with van der Waals surface area (Å²) in [6.45, 7) is 1.70. The van der Waals surface area contributed by atoms with Gasteiger partial charge >= 0.3 is 0 Å². The molecule has 2 aromatic carbocycles. The SMILES string of the molecule is C[C@@H](C(=O)NC1CCCC1)N(C(=O)C[S@](=O)CC(=O)Nc1ccc(F)cc1)c1cccc2c1CCCC2. The Morgan fingerprint density at radius 2 is 1.70 bits per heavy atom. The molecule has 1 fully saturated rings. The molecule has 7 nitrogen and oxygen atoms in total. The Kier molecular flexibility index (Phi) is 9.08. The fraction of sp³-hybridized carbons (Fsp3) is 0.464. The zero-order chi connectivity index (χ0) is 26.4. The Bertz CT molecular complexity index is 1160. The molecule has 1 saturated carbocycles. The minimum atomic E-state index is -1.80. The molecule has 37 heavy (non-hydrogen) atoms. The molecule has 2 N–H and O–H groups in total. The van der Waals surface area contributed by atoms with Gasteiger partial charge in [-0.05, 0) is 86.9 Å². The second kappa shape index (κ2) is 12.4. The molecule has 9 heteroatoms. The molecule has 2 aliphatic carbocycles. The average Bonchev–Trinajstić information content (AvgIpc) is 3.38. The fourth-order valence-electron chi connectivity index (χ4n) is 5.19. The Morgan fingerprint density at radius 1 is 1.00 bits per heavy atom. The highest BCUT2D eigenvalue weighted by molar-refractivity contribution is 7.86. The molecular formula is C28H34FN3O4S. The number of fused-ring (bicyclic) bond motifs is 1. The molecule has 2 aliphatic rings. The van der Waals surface area contributed by atoms with Gasteiger partial charge in [0.05, 0.1) is 0 Å². The highest BCUT2D eigenvalue weighted by atomic mass is 32.2. The topological polar surface area (TPSA) is 95.6 Å². The first-order valence-electron chi connectivity index (χ1n) is 13.0.